The number of hydrogen-bond donors (Lipinski definition) is 1. The molecular formula is C17H19ClN4O2. The monoisotopic (exact) mass is 346 g/mol. The molecule has 0 saturated heterocycles. The van der Waals surface area contributed by atoms with E-state index in [1.807, 2.05) is 24.3 Å². The third-order valence-electron chi connectivity index (χ3n) is 4.06. The minimum Gasteiger partial charge on any atom is -0.394 e. The quantitative estimate of drug-likeness (QED) is 0.838. The normalized spacial score (nSPS) is 14.6. The first kappa shape index (κ1) is 16.7. The van der Waals surface area contributed by atoms with Crippen molar-refractivity contribution in [2.75, 3.05) is 25.6 Å². The largest absolute Gasteiger partial charge is 0.394 e. The molecule has 0 radical (unpaired) electrons. The zero-order chi connectivity index (χ0) is 16.9. The van der Waals surface area contributed by atoms with Crippen LogP contribution in [-0.4, -0.2) is 56.3 Å². The topological polar surface area (TPSA) is 71.2 Å². The molecule has 2 heterocycles. The lowest BCUT2D eigenvalue weighted by Crippen LogP contribution is -2.35. The van der Waals surface area contributed by atoms with E-state index in [4.69, 9.17) is 16.7 Å². The van der Waals surface area contributed by atoms with Gasteiger partial charge in [-0.3, -0.25) is 9.48 Å². The van der Waals surface area contributed by atoms with Crippen molar-refractivity contribution >= 4 is 23.1 Å². The summed E-state index contributed by atoms with van der Waals surface area (Å²) in [6.07, 6.45) is 4.52. The Hall–Kier alpha value is -2.18. The molecule has 0 fully saturated rings. The molecule has 6 nitrogen and oxygen atoms in total. The number of aromatic nitrogens is 3. The molecule has 126 valence electrons. The summed E-state index contributed by atoms with van der Waals surface area (Å²) in [4.78, 5) is 17.6. The molecule has 7 heteroatoms. The van der Waals surface area contributed by atoms with Crippen LogP contribution >= 0.6 is 11.6 Å². The number of aliphatic hydroxyl groups is 1. The van der Waals surface area contributed by atoms with Crippen molar-refractivity contribution in [3.05, 3.63) is 42.2 Å². The second kappa shape index (κ2) is 7.59. The van der Waals surface area contributed by atoms with Crippen LogP contribution in [0.2, 0.25) is 0 Å². The molecule has 1 aliphatic rings. The average Bonchev–Trinajstić information content (AvgIpc) is 3.10. The zero-order valence-corrected chi connectivity index (χ0v) is 14.0. The Morgan fingerprint density at radius 3 is 2.62 bits per heavy atom. The van der Waals surface area contributed by atoms with Crippen molar-refractivity contribution in [3.63, 3.8) is 0 Å². The Kier molecular flexibility index (Phi) is 5.27. The van der Waals surface area contributed by atoms with Gasteiger partial charge in [0.1, 0.15) is 12.2 Å². The Labute approximate surface area is 145 Å². The molecule has 0 unspecified atom stereocenters. The maximum Gasteiger partial charge on any atom is 0.237 e. The number of carbonyl (C=O) groups is 1. The van der Waals surface area contributed by atoms with Gasteiger partial charge in [0.05, 0.1) is 13.2 Å². The van der Waals surface area contributed by atoms with Crippen molar-refractivity contribution in [1.82, 2.24) is 19.7 Å². The van der Waals surface area contributed by atoms with Gasteiger partial charge in [0, 0.05) is 18.7 Å². The Bertz CT molecular complexity index is 739. The predicted octanol–water partition coefficient (Wildman–Crippen LogP) is 1.79. The lowest BCUT2D eigenvalue weighted by Gasteiger charge is -2.26. The van der Waals surface area contributed by atoms with E-state index >= 15 is 0 Å². The van der Waals surface area contributed by atoms with Crippen LogP contribution in [0.5, 0.6) is 0 Å². The molecule has 0 bridgehead atoms. The van der Waals surface area contributed by atoms with Gasteiger partial charge >= 0.3 is 0 Å². The van der Waals surface area contributed by atoms with E-state index < -0.39 is 0 Å². The minimum atomic E-state index is -0.0214. The van der Waals surface area contributed by atoms with Crippen LogP contribution in [-0.2, 0) is 11.3 Å². The number of alkyl halides is 1. The van der Waals surface area contributed by atoms with Crippen LogP contribution in [0.25, 0.3) is 17.0 Å². The van der Waals surface area contributed by atoms with E-state index in [-0.39, 0.29) is 18.4 Å². The summed E-state index contributed by atoms with van der Waals surface area (Å²) in [5, 5.41) is 13.2. The SMILES string of the molecule is O=C(CCl)N1CC=C(c2ccc(-c3ncn(CCO)n3)cc2)CC1. The first-order valence-electron chi connectivity index (χ1n) is 7.85. The Morgan fingerprint density at radius 1 is 1.25 bits per heavy atom. The van der Waals surface area contributed by atoms with Gasteiger partial charge in [-0.15, -0.1) is 11.6 Å². The highest BCUT2D eigenvalue weighted by Crippen LogP contribution is 2.24. The minimum absolute atomic E-state index is 0.0214. The fourth-order valence-corrected chi connectivity index (χ4v) is 2.88. The second-order valence-electron chi connectivity index (χ2n) is 5.58. The first-order chi connectivity index (χ1) is 11.7. The van der Waals surface area contributed by atoms with Crippen LogP contribution in [0, 0.1) is 0 Å². The van der Waals surface area contributed by atoms with Crippen molar-refractivity contribution in [2.45, 2.75) is 13.0 Å². The first-order valence-corrected chi connectivity index (χ1v) is 8.38. The van der Waals surface area contributed by atoms with Crippen LogP contribution < -0.4 is 0 Å². The Morgan fingerprint density at radius 2 is 2.00 bits per heavy atom. The summed E-state index contributed by atoms with van der Waals surface area (Å²) in [5.41, 5.74) is 3.32. The fraction of sp³-hybridized carbons (Fsp3) is 0.353. The number of carbonyl (C=O) groups excluding carboxylic acids is 1. The van der Waals surface area contributed by atoms with Crippen LogP contribution in [0.15, 0.2) is 36.7 Å². The van der Waals surface area contributed by atoms with Crippen LogP contribution in [0.1, 0.15) is 12.0 Å². The number of rotatable bonds is 5. The number of aliphatic hydroxyl groups excluding tert-OH is 1. The van der Waals surface area contributed by atoms with Gasteiger partial charge in [0.25, 0.3) is 0 Å². The molecule has 1 aliphatic heterocycles. The lowest BCUT2D eigenvalue weighted by molar-refractivity contribution is -0.128. The van der Waals surface area contributed by atoms with Crippen LogP contribution in [0.3, 0.4) is 0 Å². The molecule has 1 aromatic heterocycles. The Balaban J connectivity index is 1.70. The molecular weight excluding hydrogens is 328 g/mol. The standard InChI is InChI=1S/C17H19ClN4O2/c18-11-16(24)21-7-5-14(6-8-21)13-1-3-15(4-2-13)17-19-12-22(20-17)9-10-23/h1-5,12,23H,6-11H2. The third-order valence-corrected chi connectivity index (χ3v) is 4.28. The second-order valence-corrected chi connectivity index (χ2v) is 5.85. The molecule has 0 atom stereocenters. The van der Waals surface area contributed by atoms with Gasteiger partial charge in [-0.2, -0.15) is 5.10 Å². The summed E-state index contributed by atoms with van der Waals surface area (Å²) >= 11 is 5.60. The van der Waals surface area contributed by atoms with Crippen molar-refractivity contribution < 1.29 is 9.90 Å². The van der Waals surface area contributed by atoms with E-state index in [0.29, 0.717) is 25.5 Å². The number of hydrogen-bond acceptors (Lipinski definition) is 4. The summed E-state index contributed by atoms with van der Waals surface area (Å²) in [6.45, 7) is 1.79. The van der Waals surface area contributed by atoms with Gasteiger partial charge in [0.15, 0.2) is 5.82 Å². The summed E-state index contributed by atoms with van der Waals surface area (Å²) in [6, 6.07) is 8.08. The van der Waals surface area contributed by atoms with Gasteiger partial charge < -0.3 is 10.0 Å². The molecule has 1 N–H and O–H groups in total. The molecule has 0 aliphatic carbocycles. The van der Waals surface area contributed by atoms with Gasteiger partial charge in [0.2, 0.25) is 5.91 Å². The van der Waals surface area contributed by atoms with E-state index in [1.165, 1.54) is 5.57 Å². The van der Waals surface area contributed by atoms with E-state index in [9.17, 15) is 4.79 Å². The van der Waals surface area contributed by atoms with Crippen molar-refractivity contribution in [2.24, 2.45) is 0 Å². The molecule has 2 aromatic rings. The predicted molar refractivity (Wildman–Crippen MR) is 92.4 cm³/mol. The highest BCUT2D eigenvalue weighted by molar-refractivity contribution is 6.27. The molecule has 24 heavy (non-hydrogen) atoms. The van der Waals surface area contributed by atoms with Gasteiger partial charge in [-0.25, -0.2) is 4.98 Å². The van der Waals surface area contributed by atoms with E-state index in [1.54, 1.807) is 15.9 Å². The molecule has 3 rings (SSSR count). The van der Waals surface area contributed by atoms with E-state index in [0.717, 1.165) is 17.5 Å². The third kappa shape index (κ3) is 3.66. The summed E-state index contributed by atoms with van der Waals surface area (Å²) in [5.74, 6) is 0.659. The average molecular weight is 347 g/mol. The number of nitrogens with zero attached hydrogens (tertiary/aromatic N) is 4. The number of benzene rings is 1. The van der Waals surface area contributed by atoms with Crippen molar-refractivity contribution in [1.29, 1.82) is 0 Å². The molecule has 1 aromatic carbocycles. The maximum atomic E-state index is 11.6. The maximum absolute atomic E-state index is 11.6. The number of amides is 1. The van der Waals surface area contributed by atoms with Gasteiger partial charge in [-0.1, -0.05) is 30.3 Å². The summed E-state index contributed by atoms with van der Waals surface area (Å²) < 4.78 is 1.62. The van der Waals surface area contributed by atoms with Gasteiger partial charge in [-0.05, 0) is 17.6 Å². The highest BCUT2D eigenvalue weighted by Gasteiger charge is 2.17. The molecule has 0 saturated carbocycles. The number of halogens is 1. The fourth-order valence-electron chi connectivity index (χ4n) is 2.71. The van der Waals surface area contributed by atoms with Crippen LogP contribution in [0.4, 0.5) is 0 Å². The highest BCUT2D eigenvalue weighted by atomic mass is 35.5. The molecule has 0 spiro atoms. The summed E-state index contributed by atoms with van der Waals surface area (Å²) in [7, 11) is 0. The smallest absolute Gasteiger partial charge is 0.237 e. The van der Waals surface area contributed by atoms with E-state index in [2.05, 4.69) is 16.2 Å². The molecule has 1 amide bonds. The van der Waals surface area contributed by atoms with Crippen molar-refractivity contribution in [3.8, 4) is 11.4 Å². The lowest BCUT2D eigenvalue weighted by atomic mass is 9.98. The zero-order valence-electron chi connectivity index (χ0n) is 13.2.